The number of thiazole rings is 1. The van der Waals surface area contributed by atoms with Crippen molar-refractivity contribution in [3.8, 4) is 0 Å². The van der Waals surface area contributed by atoms with Crippen LogP contribution in [0.15, 0.2) is 47.3 Å². The molecule has 4 aromatic rings. The highest BCUT2D eigenvalue weighted by Crippen LogP contribution is 2.29. The second-order valence-electron chi connectivity index (χ2n) is 7.58. The summed E-state index contributed by atoms with van der Waals surface area (Å²) in [6.07, 6.45) is 1.71. The van der Waals surface area contributed by atoms with E-state index in [9.17, 15) is 14.9 Å². The molecule has 0 radical (unpaired) electrons. The molecule has 0 atom stereocenters. The molecule has 2 aromatic heterocycles. The Labute approximate surface area is 175 Å². The predicted molar refractivity (Wildman–Crippen MR) is 118 cm³/mol. The molecule has 1 aliphatic heterocycles. The molecule has 1 fully saturated rings. The number of likely N-dealkylation sites (N-methyl/N-ethyl adjacent to an activating group) is 1. The van der Waals surface area contributed by atoms with E-state index < -0.39 is 0 Å². The number of nitrogens with zero attached hydrogens (tertiary/aromatic N) is 4. The fourth-order valence-corrected chi connectivity index (χ4v) is 4.92. The molecular weight excluding hydrogens is 402 g/mol. The zero-order valence-electron chi connectivity index (χ0n) is 16.4. The predicted octanol–water partition coefficient (Wildman–Crippen LogP) is 0.700. The van der Waals surface area contributed by atoms with Crippen LogP contribution in [0.3, 0.4) is 0 Å². The van der Waals surface area contributed by atoms with E-state index in [1.165, 1.54) is 16.2 Å². The number of nitro groups is 1. The van der Waals surface area contributed by atoms with Crippen LogP contribution in [-0.2, 0) is 0 Å². The van der Waals surface area contributed by atoms with Crippen molar-refractivity contribution in [3.05, 3.63) is 73.0 Å². The van der Waals surface area contributed by atoms with Gasteiger partial charge < -0.3 is 9.80 Å². The highest BCUT2D eigenvalue weighted by Gasteiger charge is 2.24. The number of piperazine rings is 1. The maximum absolute atomic E-state index is 12.9. The SMILES string of the molecule is C[NH+]1CCN(c2ccc(/C=c3\sc4nc5ccccc5n4c3=O)cc2[N+](=O)[O-])CC1. The number of quaternary nitrogens is 1. The Morgan fingerprint density at radius 3 is 2.73 bits per heavy atom. The fraction of sp³-hybridized carbons (Fsp3) is 0.238. The molecule has 0 unspecified atom stereocenters. The van der Waals surface area contributed by atoms with Crippen molar-refractivity contribution in [2.45, 2.75) is 0 Å². The summed E-state index contributed by atoms with van der Waals surface area (Å²) in [7, 11) is 2.13. The number of imidazole rings is 1. The fourth-order valence-electron chi connectivity index (χ4n) is 3.94. The van der Waals surface area contributed by atoms with Crippen LogP contribution < -0.4 is 19.9 Å². The van der Waals surface area contributed by atoms with E-state index in [0.29, 0.717) is 20.7 Å². The molecule has 0 spiro atoms. The molecule has 152 valence electrons. The summed E-state index contributed by atoms with van der Waals surface area (Å²) in [5.74, 6) is 0. The average Bonchev–Trinajstić information content (AvgIpc) is 3.25. The van der Waals surface area contributed by atoms with Crippen molar-refractivity contribution < 1.29 is 9.82 Å². The number of anilines is 1. The Morgan fingerprint density at radius 2 is 1.97 bits per heavy atom. The van der Waals surface area contributed by atoms with E-state index in [4.69, 9.17) is 0 Å². The Hall–Kier alpha value is -3.30. The first-order valence-corrected chi connectivity index (χ1v) is 10.6. The third kappa shape index (κ3) is 3.12. The minimum absolute atomic E-state index is 0.0718. The van der Waals surface area contributed by atoms with Gasteiger partial charge >= 0.3 is 0 Å². The standard InChI is InChI=1S/C21H19N5O3S/c1-23-8-10-24(11-9-23)17-7-6-14(12-18(17)26(28)29)13-19-20(27)25-16-5-3-2-4-15(16)22-21(25)30-19/h2-7,12-13H,8-11H2,1H3/p+1/b19-13-. The number of nitro benzene ring substituents is 1. The van der Waals surface area contributed by atoms with E-state index in [-0.39, 0.29) is 16.2 Å². The summed E-state index contributed by atoms with van der Waals surface area (Å²) >= 11 is 1.29. The second-order valence-corrected chi connectivity index (χ2v) is 8.59. The average molecular weight is 422 g/mol. The van der Waals surface area contributed by atoms with Gasteiger partial charge in [0.15, 0.2) is 4.96 Å². The van der Waals surface area contributed by atoms with Gasteiger partial charge in [-0.3, -0.25) is 14.9 Å². The third-order valence-electron chi connectivity index (χ3n) is 5.60. The van der Waals surface area contributed by atoms with E-state index in [1.807, 2.05) is 30.3 Å². The molecule has 5 rings (SSSR count). The first kappa shape index (κ1) is 18.7. The van der Waals surface area contributed by atoms with Gasteiger partial charge in [0.05, 0.1) is 53.7 Å². The number of fused-ring (bicyclic) bond motifs is 3. The molecule has 0 aliphatic carbocycles. The maximum atomic E-state index is 12.9. The van der Waals surface area contributed by atoms with Crippen LogP contribution in [0.25, 0.3) is 22.1 Å². The number of hydrogen-bond donors (Lipinski definition) is 1. The zero-order chi connectivity index (χ0) is 20.8. The molecule has 1 saturated heterocycles. The minimum atomic E-state index is -0.343. The second kappa shape index (κ2) is 7.19. The normalized spacial score (nSPS) is 16.0. The first-order chi connectivity index (χ1) is 14.5. The van der Waals surface area contributed by atoms with Gasteiger partial charge in [-0.1, -0.05) is 29.5 Å². The lowest BCUT2D eigenvalue weighted by Gasteiger charge is -2.31. The van der Waals surface area contributed by atoms with Crippen LogP contribution in [0, 0.1) is 10.1 Å². The Balaban J connectivity index is 1.58. The summed E-state index contributed by atoms with van der Waals surface area (Å²) in [5.41, 5.74) is 2.74. The number of benzene rings is 2. The molecule has 1 aliphatic rings. The molecule has 3 heterocycles. The minimum Gasteiger partial charge on any atom is -0.355 e. The number of para-hydroxylation sites is 2. The van der Waals surface area contributed by atoms with Gasteiger partial charge in [-0.05, 0) is 29.8 Å². The molecule has 9 heteroatoms. The maximum Gasteiger partial charge on any atom is 0.293 e. The van der Waals surface area contributed by atoms with Crippen LogP contribution in [0.4, 0.5) is 11.4 Å². The van der Waals surface area contributed by atoms with Gasteiger partial charge in [0.25, 0.3) is 11.2 Å². The summed E-state index contributed by atoms with van der Waals surface area (Å²) < 4.78 is 2.11. The summed E-state index contributed by atoms with van der Waals surface area (Å²) in [4.78, 5) is 33.0. The van der Waals surface area contributed by atoms with Gasteiger partial charge in [0.1, 0.15) is 5.69 Å². The first-order valence-electron chi connectivity index (χ1n) is 9.78. The lowest BCUT2D eigenvalue weighted by molar-refractivity contribution is -0.880. The lowest BCUT2D eigenvalue weighted by atomic mass is 10.1. The van der Waals surface area contributed by atoms with Crippen molar-refractivity contribution in [1.82, 2.24) is 9.38 Å². The third-order valence-corrected chi connectivity index (χ3v) is 6.57. The monoisotopic (exact) mass is 422 g/mol. The van der Waals surface area contributed by atoms with Gasteiger partial charge in [-0.2, -0.15) is 0 Å². The van der Waals surface area contributed by atoms with Gasteiger partial charge in [-0.25, -0.2) is 9.38 Å². The number of hydrogen-bond acceptors (Lipinski definition) is 6. The molecule has 0 saturated carbocycles. The smallest absolute Gasteiger partial charge is 0.293 e. The quantitative estimate of drug-likeness (QED) is 0.388. The zero-order valence-corrected chi connectivity index (χ0v) is 17.2. The lowest BCUT2D eigenvalue weighted by Crippen LogP contribution is -3.12. The van der Waals surface area contributed by atoms with Crippen LogP contribution in [0.1, 0.15) is 5.56 Å². The summed E-state index contributed by atoms with van der Waals surface area (Å²) in [6, 6.07) is 12.7. The van der Waals surface area contributed by atoms with Crippen LogP contribution in [0.2, 0.25) is 0 Å². The summed E-state index contributed by atoms with van der Waals surface area (Å²) in [6.45, 7) is 3.48. The van der Waals surface area contributed by atoms with Gasteiger partial charge in [0.2, 0.25) is 0 Å². The van der Waals surface area contributed by atoms with Gasteiger partial charge in [0, 0.05) is 6.07 Å². The van der Waals surface area contributed by atoms with Crippen molar-refractivity contribution in [1.29, 1.82) is 0 Å². The molecule has 0 bridgehead atoms. The molecule has 30 heavy (non-hydrogen) atoms. The number of nitrogens with one attached hydrogen (secondary N) is 1. The number of rotatable bonds is 3. The van der Waals surface area contributed by atoms with Crippen molar-refractivity contribution in [2.75, 3.05) is 38.1 Å². The van der Waals surface area contributed by atoms with E-state index in [1.54, 1.807) is 22.6 Å². The van der Waals surface area contributed by atoms with E-state index in [0.717, 1.165) is 37.2 Å². The molecule has 2 aromatic carbocycles. The highest BCUT2D eigenvalue weighted by atomic mass is 32.1. The molecule has 8 nitrogen and oxygen atoms in total. The highest BCUT2D eigenvalue weighted by molar-refractivity contribution is 7.15. The van der Waals surface area contributed by atoms with Crippen molar-refractivity contribution >= 4 is 44.8 Å². The van der Waals surface area contributed by atoms with Crippen molar-refractivity contribution in [2.24, 2.45) is 0 Å². The van der Waals surface area contributed by atoms with Crippen LogP contribution in [0.5, 0.6) is 0 Å². The molecule has 0 amide bonds. The van der Waals surface area contributed by atoms with Crippen LogP contribution >= 0.6 is 11.3 Å². The molecule has 1 N–H and O–H groups in total. The Morgan fingerprint density at radius 1 is 1.20 bits per heavy atom. The van der Waals surface area contributed by atoms with E-state index >= 15 is 0 Å². The van der Waals surface area contributed by atoms with E-state index in [2.05, 4.69) is 16.9 Å². The Bertz CT molecular complexity index is 1390. The van der Waals surface area contributed by atoms with Crippen molar-refractivity contribution in [3.63, 3.8) is 0 Å². The topological polar surface area (TPSA) is 85.2 Å². The number of aromatic nitrogens is 2. The van der Waals surface area contributed by atoms with Crippen LogP contribution in [-0.4, -0.2) is 47.5 Å². The molecular formula is C21H20N5O3S+. The largest absolute Gasteiger partial charge is 0.355 e. The Kier molecular flexibility index (Phi) is 4.48. The summed E-state index contributed by atoms with van der Waals surface area (Å²) in [5, 5.41) is 11.7. The van der Waals surface area contributed by atoms with Gasteiger partial charge in [-0.15, -0.1) is 0 Å².